The zero-order valence-electron chi connectivity index (χ0n) is 14.7. The van der Waals surface area contributed by atoms with Gasteiger partial charge in [0.2, 0.25) is 0 Å². The number of benzene rings is 1. The second-order valence-electron chi connectivity index (χ2n) is 6.57. The van der Waals surface area contributed by atoms with Gasteiger partial charge in [0.1, 0.15) is 0 Å². The van der Waals surface area contributed by atoms with Gasteiger partial charge < -0.3 is 10.6 Å². The predicted molar refractivity (Wildman–Crippen MR) is 102 cm³/mol. The van der Waals surface area contributed by atoms with Gasteiger partial charge in [-0.2, -0.15) is 0 Å². The Morgan fingerprint density at radius 1 is 1.12 bits per heavy atom. The van der Waals surface area contributed by atoms with Gasteiger partial charge in [0.25, 0.3) is 11.8 Å². The molecule has 1 fully saturated rings. The largest absolute Gasteiger partial charge is 0.358 e. The van der Waals surface area contributed by atoms with Crippen molar-refractivity contribution in [3.8, 4) is 0 Å². The topological polar surface area (TPSA) is 82.3 Å². The molecule has 0 heterocycles. The Bertz CT molecular complexity index is 608. The lowest BCUT2D eigenvalue weighted by molar-refractivity contribution is -0.120. The van der Waals surface area contributed by atoms with E-state index in [1.54, 1.807) is 24.3 Å². The third-order valence-corrected chi connectivity index (χ3v) is 5.00. The van der Waals surface area contributed by atoms with Crippen molar-refractivity contribution >= 4 is 29.1 Å². The van der Waals surface area contributed by atoms with Crippen LogP contribution in [0.1, 0.15) is 43.5 Å². The van der Waals surface area contributed by atoms with Gasteiger partial charge in [-0.05, 0) is 42.6 Å². The summed E-state index contributed by atoms with van der Waals surface area (Å²) in [6.45, 7) is 4.36. The highest BCUT2D eigenvalue weighted by Gasteiger charge is 2.27. The summed E-state index contributed by atoms with van der Waals surface area (Å²) in [5, 5.41) is 6.22. The monoisotopic (exact) mass is 362 g/mol. The van der Waals surface area contributed by atoms with Gasteiger partial charge >= 0.3 is 0 Å². The average Bonchev–Trinajstić information content (AvgIpc) is 2.62. The van der Waals surface area contributed by atoms with E-state index in [0.717, 1.165) is 6.42 Å². The van der Waals surface area contributed by atoms with E-state index < -0.39 is 0 Å². The minimum absolute atomic E-state index is 0.125. The van der Waals surface area contributed by atoms with Gasteiger partial charge in [0.15, 0.2) is 5.11 Å². The molecule has 25 heavy (non-hydrogen) atoms. The molecule has 0 aromatic heterocycles. The van der Waals surface area contributed by atoms with E-state index in [2.05, 4.69) is 35.3 Å². The Morgan fingerprint density at radius 3 is 2.56 bits per heavy atom. The van der Waals surface area contributed by atoms with Crippen LogP contribution in [0.25, 0.3) is 0 Å². The Balaban J connectivity index is 1.67. The smallest absolute Gasteiger partial charge is 0.257 e. The molecule has 1 aliphatic rings. The molecule has 0 saturated heterocycles. The Morgan fingerprint density at radius 2 is 1.84 bits per heavy atom. The quantitative estimate of drug-likeness (QED) is 0.484. The molecule has 136 valence electrons. The van der Waals surface area contributed by atoms with Gasteiger partial charge in [-0.25, -0.2) is 0 Å². The number of carbonyl (C=O) groups excluding carboxylic acids is 2. The van der Waals surface area contributed by atoms with Crippen LogP contribution in [0.3, 0.4) is 0 Å². The summed E-state index contributed by atoms with van der Waals surface area (Å²) in [6.07, 6.45) is 3.51. The highest BCUT2D eigenvalue weighted by Crippen LogP contribution is 2.29. The van der Waals surface area contributed by atoms with Crippen LogP contribution in [0.5, 0.6) is 0 Å². The first-order chi connectivity index (χ1) is 12.0. The Kier molecular flexibility index (Phi) is 7.18. The van der Waals surface area contributed by atoms with Crippen molar-refractivity contribution in [1.29, 1.82) is 0 Å². The standard InChI is InChI=1S/C18H26N4O2S/c1-12-7-6-10-15(13(12)2)20-18(25)22-21-16(23)11-19-17(24)14-8-4-3-5-9-14/h3-5,8-9,12-13,15H,6-7,10-11H2,1-2H3,(H,19,24)(H,21,23)(H2,20,22,25)/t12-,13+,15+/m0/s1. The van der Waals surface area contributed by atoms with Crippen LogP contribution >= 0.6 is 12.2 Å². The van der Waals surface area contributed by atoms with Crippen molar-refractivity contribution in [1.82, 2.24) is 21.5 Å². The molecule has 1 aliphatic carbocycles. The molecule has 0 aliphatic heterocycles. The molecule has 0 unspecified atom stereocenters. The number of thiocarbonyl (C=S) groups is 1. The maximum absolute atomic E-state index is 11.9. The number of hydrogen-bond donors (Lipinski definition) is 4. The molecule has 2 amide bonds. The maximum Gasteiger partial charge on any atom is 0.257 e. The zero-order valence-corrected chi connectivity index (χ0v) is 15.5. The van der Waals surface area contributed by atoms with Crippen molar-refractivity contribution in [2.45, 2.75) is 39.2 Å². The molecule has 0 spiro atoms. The van der Waals surface area contributed by atoms with Crippen LogP contribution in [0.4, 0.5) is 0 Å². The summed E-state index contributed by atoms with van der Waals surface area (Å²) in [6, 6.07) is 9.07. The summed E-state index contributed by atoms with van der Waals surface area (Å²) < 4.78 is 0. The van der Waals surface area contributed by atoms with E-state index in [1.165, 1.54) is 12.8 Å². The second kappa shape index (κ2) is 9.36. The fraction of sp³-hybridized carbons (Fsp3) is 0.500. The lowest BCUT2D eigenvalue weighted by Crippen LogP contribution is -2.53. The molecule has 6 nitrogen and oxygen atoms in total. The predicted octanol–water partition coefficient (Wildman–Crippen LogP) is 1.74. The minimum Gasteiger partial charge on any atom is -0.358 e. The van der Waals surface area contributed by atoms with Crippen molar-refractivity contribution in [2.24, 2.45) is 11.8 Å². The van der Waals surface area contributed by atoms with Crippen molar-refractivity contribution in [3.63, 3.8) is 0 Å². The summed E-state index contributed by atoms with van der Waals surface area (Å²) in [5.74, 6) is 0.547. The van der Waals surface area contributed by atoms with Gasteiger partial charge in [-0.15, -0.1) is 0 Å². The van der Waals surface area contributed by atoms with Crippen molar-refractivity contribution < 1.29 is 9.59 Å². The molecular formula is C18H26N4O2S. The molecule has 4 N–H and O–H groups in total. The molecule has 0 radical (unpaired) electrons. The average molecular weight is 362 g/mol. The highest BCUT2D eigenvalue weighted by atomic mass is 32.1. The minimum atomic E-state index is -0.363. The van der Waals surface area contributed by atoms with Crippen LogP contribution in [0.15, 0.2) is 30.3 Å². The van der Waals surface area contributed by atoms with Gasteiger partial charge in [-0.1, -0.05) is 44.9 Å². The lowest BCUT2D eigenvalue weighted by Gasteiger charge is -2.35. The van der Waals surface area contributed by atoms with E-state index in [1.807, 2.05) is 6.07 Å². The number of carbonyl (C=O) groups is 2. The summed E-state index contributed by atoms with van der Waals surface area (Å²) in [5.41, 5.74) is 5.71. The molecule has 1 saturated carbocycles. The van der Waals surface area contributed by atoms with Gasteiger partial charge in [0, 0.05) is 11.6 Å². The first-order valence-electron chi connectivity index (χ1n) is 8.66. The number of rotatable bonds is 4. The lowest BCUT2D eigenvalue weighted by atomic mass is 9.78. The normalized spacial score (nSPS) is 22.6. The van der Waals surface area contributed by atoms with E-state index in [-0.39, 0.29) is 18.4 Å². The first-order valence-corrected chi connectivity index (χ1v) is 9.06. The van der Waals surface area contributed by atoms with E-state index in [9.17, 15) is 9.59 Å². The first kappa shape index (κ1) is 19.2. The third kappa shape index (κ3) is 6.01. The number of hydrazine groups is 1. The van der Waals surface area contributed by atoms with E-state index in [4.69, 9.17) is 12.2 Å². The number of nitrogens with one attached hydrogen (secondary N) is 4. The SMILES string of the molecule is C[C@@H]1[C@@H](C)CCC[C@H]1NC(=S)NNC(=O)CNC(=O)c1ccccc1. The molecule has 0 bridgehead atoms. The molecule has 2 rings (SSSR count). The number of hydrogen-bond acceptors (Lipinski definition) is 3. The second-order valence-corrected chi connectivity index (χ2v) is 6.98. The van der Waals surface area contributed by atoms with E-state index in [0.29, 0.717) is 28.6 Å². The molecule has 7 heteroatoms. The Labute approximate surface area is 154 Å². The van der Waals surface area contributed by atoms with Gasteiger partial charge in [-0.3, -0.25) is 20.4 Å². The van der Waals surface area contributed by atoms with Crippen LogP contribution in [0, 0.1) is 11.8 Å². The maximum atomic E-state index is 11.9. The summed E-state index contributed by atoms with van der Waals surface area (Å²) in [4.78, 5) is 23.7. The summed E-state index contributed by atoms with van der Waals surface area (Å²) >= 11 is 5.23. The van der Waals surface area contributed by atoms with E-state index >= 15 is 0 Å². The van der Waals surface area contributed by atoms with Gasteiger partial charge in [0.05, 0.1) is 6.54 Å². The third-order valence-electron chi connectivity index (χ3n) is 4.78. The molecule has 1 aromatic rings. The fourth-order valence-corrected chi connectivity index (χ4v) is 3.22. The fourth-order valence-electron chi connectivity index (χ4n) is 3.01. The highest BCUT2D eigenvalue weighted by molar-refractivity contribution is 7.80. The van der Waals surface area contributed by atoms with Crippen LogP contribution in [-0.4, -0.2) is 29.5 Å². The molecule has 1 aromatic carbocycles. The van der Waals surface area contributed by atoms with Crippen LogP contribution < -0.4 is 21.5 Å². The summed E-state index contributed by atoms with van der Waals surface area (Å²) in [7, 11) is 0. The molecule has 3 atom stereocenters. The zero-order chi connectivity index (χ0) is 18.2. The molecular weight excluding hydrogens is 336 g/mol. The van der Waals surface area contributed by atoms with Crippen LogP contribution in [-0.2, 0) is 4.79 Å². The number of amides is 2. The van der Waals surface area contributed by atoms with Crippen molar-refractivity contribution in [2.75, 3.05) is 6.54 Å². The van der Waals surface area contributed by atoms with Crippen LogP contribution in [0.2, 0.25) is 0 Å². The van der Waals surface area contributed by atoms with Crippen molar-refractivity contribution in [3.05, 3.63) is 35.9 Å². The Hall–Kier alpha value is -2.15.